The molecule has 5 nitrogen and oxygen atoms in total. The van der Waals surface area contributed by atoms with Crippen molar-refractivity contribution in [2.75, 3.05) is 20.2 Å². The molecule has 0 saturated carbocycles. The van der Waals surface area contributed by atoms with Gasteiger partial charge in [-0.1, -0.05) is 18.2 Å². The van der Waals surface area contributed by atoms with E-state index < -0.39 is 23.0 Å². The van der Waals surface area contributed by atoms with Crippen LogP contribution in [0, 0.1) is 0 Å². The normalized spacial score (nSPS) is 13.4. The van der Waals surface area contributed by atoms with Crippen molar-refractivity contribution in [2.45, 2.75) is 25.9 Å². The van der Waals surface area contributed by atoms with Crippen LogP contribution in [-0.4, -0.2) is 39.1 Å². The highest BCUT2D eigenvalue weighted by molar-refractivity contribution is 7.86. The summed E-state index contributed by atoms with van der Waals surface area (Å²) in [5, 5.41) is 0. The Balaban J connectivity index is 4.05. The predicted molar refractivity (Wildman–Crippen MR) is 51.6 cm³/mol. The fourth-order valence-corrected chi connectivity index (χ4v) is 1.45. The first-order chi connectivity index (χ1) is 7.19. The van der Waals surface area contributed by atoms with Gasteiger partial charge in [-0.15, -0.1) is 0 Å². The number of rotatable bonds is 7. The van der Waals surface area contributed by atoms with E-state index in [0.717, 1.165) is 10.7 Å². The van der Waals surface area contributed by atoms with Crippen LogP contribution in [0.3, 0.4) is 0 Å². The molecule has 0 atom stereocenters. The standard InChI is InChI=1S/C7H15F3N2O3S/c1-3-4-5-12(2)16(13,14)11-15-6-7(8,9)10/h11H,3-6H2,1-2H3. The Bertz CT molecular complexity index is 292. The first kappa shape index (κ1) is 15.6. The minimum absolute atomic E-state index is 0.223. The molecule has 9 heteroatoms. The van der Waals surface area contributed by atoms with Crippen molar-refractivity contribution in [2.24, 2.45) is 0 Å². The van der Waals surface area contributed by atoms with E-state index in [4.69, 9.17) is 0 Å². The second-order valence-corrected chi connectivity index (χ2v) is 4.91. The number of alkyl halides is 3. The van der Waals surface area contributed by atoms with Crippen molar-refractivity contribution in [3.63, 3.8) is 0 Å². The largest absolute Gasteiger partial charge is 0.413 e. The molecule has 98 valence electrons. The van der Waals surface area contributed by atoms with Crippen LogP contribution in [-0.2, 0) is 15.0 Å². The van der Waals surface area contributed by atoms with E-state index in [0.29, 0.717) is 6.42 Å². The molecule has 0 saturated heterocycles. The van der Waals surface area contributed by atoms with Crippen molar-refractivity contribution in [1.82, 2.24) is 9.19 Å². The lowest BCUT2D eigenvalue weighted by Gasteiger charge is -2.17. The van der Waals surface area contributed by atoms with Gasteiger partial charge < -0.3 is 0 Å². The smallest absolute Gasteiger partial charge is 0.276 e. The van der Waals surface area contributed by atoms with E-state index in [1.54, 1.807) is 0 Å². The number of halogens is 3. The van der Waals surface area contributed by atoms with Crippen LogP contribution in [0.5, 0.6) is 0 Å². The molecule has 0 amide bonds. The number of nitrogens with one attached hydrogen (secondary N) is 1. The zero-order chi connectivity index (χ0) is 12.8. The third-order valence-electron chi connectivity index (χ3n) is 1.64. The maximum absolute atomic E-state index is 11.7. The van der Waals surface area contributed by atoms with Gasteiger partial charge in [-0.05, 0) is 6.42 Å². The zero-order valence-electron chi connectivity index (χ0n) is 9.04. The van der Waals surface area contributed by atoms with Crippen LogP contribution in [0.25, 0.3) is 0 Å². The van der Waals surface area contributed by atoms with Gasteiger partial charge in [-0.3, -0.25) is 4.84 Å². The van der Waals surface area contributed by atoms with Crippen molar-refractivity contribution in [3.8, 4) is 0 Å². The van der Waals surface area contributed by atoms with E-state index in [9.17, 15) is 21.6 Å². The van der Waals surface area contributed by atoms with Gasteiger partial charge >= 0.3 is 16.4 Å². The molecule has 0 unspecified atom stereocenters. The van der Waals surface area contributed by atoms with Crippen LogP contribution >= 0.6 is 0 Å². The van der Waals surface area contributed by atoms with E-state index in [1.807, 2.05) is 6.92 Å². The van der Waals surface area contributed by atoms with E-state index >= 15 is 0 Å². The van der Waals surface area contributed by atoms with Crippen LogP contribution in [0.2, 0.25) is 0 Å². The lowest BCUT2D eigenvalue weighted by Crippen LogP contribution is -2.40. The van der Waals surface area contributed by atoms with Gasteiger partial charge in [-0.2, -0.15) is 25.9 Å². The third-order valence-corrected chi connectivity index (χ3v) is 2.97. The van der Waals surface area contributed by atoms with Crippen LogP contribution < -0.4 is 4.89 Å². The Morgan fingerprint density at radius 3 is 2.38 bits per heavy atom. The molecule has 0 heterocycles. The van der Waals surface area contributed by atoms with E-state index in [2.05, 4.69) is 4.84 Å². The second kappa shape index (κ2) is 6.38. The summed E-state index contributed by atoms with van der Waals surface area (Å²) in [5.41, 5.74) is 0. The molecule has 16 heavy (non-hydrogen) atoms. The van der Waals surface area contributed by atoms with Gasteiger partial charge in [0.1, 0.15) is 0 Å². The van der Waals surface area contributed by atoms with Crippen molar-refractivity contribution in [1.29, 1.82) is 0 Å². The molecule has 0 aromatic heterocycles. The summed E-state index contributed by atoms with van der Waals surface area (Å²) < 4.78 is 58.4. The van der Waals surface area contributed by atoms with Gasteiger partial charge in [-0.25, -0.2) is 0 Å². The lowest BCUT2D eigenvalue weighted by molar-refractivity contribution is -0.181. The summed E-state index contributed by atoms with van der Waals surface area (Å²) in [7, 11) is -2.73. The predicted octanol–water partition coefficient (Wildman–Crippen LogP) is 1.05. The highest BCUT2D eigenvalue weighted by Gasteiger charge is 2.29. The SMILES string of the molecule is CCCCN(C)S(=O)(=O)NOCC(F)(F)F. The summed E-state index contributed by atoms with van der Waals surface area (Å²) >= 11 is 0. The average molecular weight is 264 g/mol. The molecular formula is C7H15F3N2O3S. The highest BCUT2D eigenvalue weighted by atomic mass is 32.2. The van der Waals surface area contributed by atoms with Crippen LogP contribution in [0.1, 0.15) is 19.8 Å². The molecule has 1 N–H and O–H groups in total. The molecule has 0 radical (unpaired) electrons. The maximum Gasteiger partial charge on any atom is 0.413 e. The number of unbranched alkanes of at least 4 members (excludes halogenated alkanes) is 1. The number of hydrogen-bond donors (Lipinski definition) is 1. The topological polar surface area (TPSA) is 58.6 Å². The van der Waals surface area contributed by atoms with E-state index in [-0.39, 0.29) is 6.54 Å². The fraction of sp³-hybridized carbons (Fsp3) is 1.00. The summed E-state index contributed by atoms with van der Waals surface area (Å²) in [6.45, 7) is 0.434. The number of hydrogen-bond acceptors (Lipinski definition) is 3. The second-order valence-electron chi connectivity index (χ2n) is 3.17. The Hall–Kier alpha value is -0.380. The Morgan fingerprint density at radius 1 is 1.38 bits per heavy atom. The van der Waals surface area contributed by atoms with Crippen molar-refractivity contribution >= 4 is 10.2 Å². The fourth-order valence-electron chi connectivity index (χ4n) is 0.750. The molecule has 0 bridgehead atoms. The Labute approximate surface area is 92.7 Å². The quantitative estimate of drug-likeness (QED) is 0.699. The highest BCUT2D eigenvalue weighted by Crippen LogP contribution is 2.13. The van der Waals surface area contributed by atoms with E-state index in [1.165, 1.54) is 11.9 Å². The molecule has 0 aliphatic carbocycles. The third kappa shape index (κ3) is 6.99. The molecule has 0 aromatic carbocycles. The van der Waals surface area contributed by atoms with Gasteiger partial charge in [0.05, 0.1) is 0 Å². The summed E-state index contributed by atoms with van der Waals surface area (Å²) in [4.78, 5) is 5.26. The first-order valence-corrected chi connectivity index (χ1v) is 6.04. The monoisotopic (exact) mass is 264 g/mol. The van der Waals surface area contributed by atoms with Crippen molar-refractivity contribution in [3.05, 3.63) is 0 Å². The molecule has 0 spiro atoms. The lowest BCUT2D eigenvalue weighted by atomic mass is 10.3. The summed E-state index contributed by atoms with van der Waals surface area (Å²) in [6, 6.07) is 0. The van der Waals surface area contributed by atoms with Crippen LogP contribution in [0.15, 0.2) is 0 Å². The summed E-state index contributed by atoms with van der Waals surface area (Å²) in [6.07, 6.45) is -3.16. The number of nitrogens with zero attached hydrogens (tertiary/aromatic N) is 1. The van der Waals surface area contributed by atoms with Gasteiger partial charge in [0.25, 0.3) is 0 Å². The Kier molecular flexibility index (Phi) is 6.23. The Morgan fingerprint density at radius 2 is 1.94 bits per heavy atom. The maximum atomic E-state index is 11.7. The van der Waals surface area contributed by atoms with Crippen molar-refractivity contribution < 1.29 is 26.4 Å². The molecule has 0 aromatic rings. The first-order valence-electron chi connectivity index (χ1n) is 4.60. The molecule has 0 fully saturated rings. The van der Waals surface area contributed by atoms with Gasteiger partial charge in [0.2, 0.25) is 0 Å². The molecule has 0 aliphatic heterocycles. The summed E-state index contributed by atoms with van der Waals surface area (Å²) in [5.74, 6) is 0. The van der Waals surface area contributed by atoms with Crippen LogP contribution in [0.4, 0.5) is 13.2 Å². The average Bonchev–Trinajstić information content (AvgIpc) is 2.11. The minimum Gasteiger partial charge on any atom is -0.276 e. The van der Waals surface area contributed by atoms with Gasteiger partial charge in [0, 0.05) is 13.6 Å². The minimum atomic E-state index is -4.56. The van der Waals surface area contributed by atoms with Gasteiger partial charge in [0.15, 0.2) is 6.61 Å². The molecule has 0 rings (SSSR count). The molecule has 0 aliphatic rings. The molecular weight excluding hydrogens is 249 g/mol. The zero-order valence-corrected chi connectivity index (χ0v) is 9.86.